The first-order valence-electron chi connectivity index (χ1n) is 9.27. The molecule has 4 aromatic rings. The van der Waals surface area contributed by atoms with Crippen LogP contribution in [-0.2, 0) is 6.54 Å². The van der Waals surface area contributed by atoms with Crippen molar-refractivity contribution in [3.8, 4) is 16.9 Å². The third-order valence-electron chi connectivity index (χ3n) is 5.11. The molecule has 0 saturated carbocycles. The largest absolute Gasteiger partial charge is 0.506 e. The van der Waals surface area contributed by atoms with Crippen molar-refractivity contribution in [1.29, 1.82) is 0 Å². The van der Waals surface area contributed by atoms with Gasteiger partial charge < -0.3 is 15.4 Å². The second kappa shape index (κ2) is 7.24. The number of fused-ring (bicyclic) bond motifs is 1. The van der Waals surface area contributed by atoms with Crippen molar-refractivity contribution in [3.05, 3.63) is 93.8 Å². The molecule has 4 nitrogen and oxygen atoms in total. The summed E-state index contributed by atoms with van der Waals surface area (Å²) in [6, 6.07) is 21.4. The van der Waals surface area contributed by atoms with Crippen LogP contribution in [0.1, 0.15) is 16.7 Å². The van der Waals surface area contributed by atoms with Crippen LogP contribution in [0.5, 0.6) is 5.75 Å². The van der Waals surface area contributed by atoms with E-state index < -0.39 is 0 Å². The number of benzene rings is 3. The number of anilines is 1. The molecule has 0 radical (unpaired) electrons. The van der Waals surface area contributed by atoms with Gasteiger partial charge in [-0.2, -0.15) is 0 Å². The number of aromatic hydroxyl groups is 1. The molecule has 3 aromatic carbocycles. The van der Waals surface area contributed by atoms with Gasteiger partial charge in [0.1, 0.15) is 5.75 Å². The Balaban J connectivity index is 1.63. The highest BCUT2D eigenvalue weighted by Crippen LogP contribution is 2.30. The molecule has 0 bridgehead atoms. The molecule has 0 spiro atoms. The number of aromatic amines is 1. The van der Waals surface area contributed by atoms with Gasteiger partial charge in [0, 0.05) is 17.6 Å². The minimum absolute atomic E-state index is 0.123. The molecule has 0 saturated heterocycles. The molecule has 0 fully saturated rings. The molecule has 0 aliphatic heterocycles. The van der Waals surface area contributed by atoms with Gasteiger partial charge in [0.2, 0.25) is 0 Å². The lowest BCUT2D eigenvalue weighted by Gasteiger charge is -2.11. The summed E-state index contributed by atoms with van der Waals surface area (Å²) in [7, 11) is 0. The Labute approximate surface area is 163 Å². The third-order valence-corrected chi connectivity index (χ3v) is 5.11. The second-order valence-electron chi connectivity index (χ2n) is 7.10. The first-order chi connectivity index (χ1) is 13.5. The molecule has 0 amide bonds. The predicted molar refractivity (Wildman–Crippen MR) is 115 cm³/mol. The highest BCUT2D eigenvalue weighted by atomic mass is 16.3. The predicted octanol–water partition coefficient (Wildman–Crippen LogP) is 5.13. The number of nitrogens with one attached hydrogen (secondary N) is 2. The highest BCUT2D eigenvalue weighted by Gasteiger charge is 2.08. The normalized spacial score (nSPS) is 10.9. The average molecular weight is 370 g/mol. The maximum Gasteiger partial charge on any atom is 0.253 e. The quantitative estimate of drug-likeness (QED) is 0.436. The summed E-state index contributed by atoms with van der Waals surface area (Å²) in [4.78, 5) is 15.4. The molecule has 0 aliphatic carbocycles. The van der Waals surface area contributed by atoms with Gasteiger partial charge in [-0.1, -0.05) is 36.4 Å². The summed E-state index contributed by atoms with van der Waals surface area (Å²) >= 11 is 0. The Morgan fingerprint density at radius 3 is 2.43 bits per heavy atom. The smallest absolute Gasteiger partial charge is 0.253 e. The van der Waals surface area contributed by atoms with E-state index in [-0.39, 0.29) is 11.3 Å². The Morgan fingerprint density at radius 2 is 1.64 bits per heavy atom. The molecule has 0 unspecified atom stereocenters. The van der Waals surface area contributed by atoms with E-state index >= 15 is 0 Å². The number of aromatic nitrogens is 1. The van der Waals surface area contributed by atoms with Crippen molar-refractivity contribution in [2.45, 2.75) is 20.4 Å². The second-order valence-corrected chi connectivity index (χ2v) is 7.10. The third kappa shape index (κ3) is 3.49. The first-order valence-corrected chi connectivity index (χ1v) is 9.27. The zero-order valence-electron chi connectivity index (χ0n) is 15.9. The summed E-state index contributed by atoms with van der Waals surface area (Å²) in [5, 5.41) is 14.4. The van der Waals surface area contributed by atoms with Crippen LogP contribution < -0.4 is 10.9 Å². The molecule has 0 atom stereocenters. The Morgan fingerprint density at radius 1 is 0.893 bits per heavy atom. The van der Waals surface area contributed by atoms with Crippen molar-refractivity contribution in [2.75, 3.05) is 5.32 Å². The lowest BCUT2D eigenvalue weighted by molar-refractivity contribution is 0.477. The minimum Gasteiger partial charge on any atom is -0.506 e. The van der Waals surface area contributed by atoms with Crippen LogP contribution >= 0.6 is 0 Å². The van der Waals surface area contributed by atoms with Crippen LogP contribution in [0, 0.1) is 13.8 Å². The van der Waals surface area contributed by atoms with Gasteiger partial charge >= 0.3 is 0 Å². The number of rotatable bonds is 4. The molecular formula is C24H22N2O2. The maximum absolute atomic E-state index is 12.5. The number of phenolic OH excluding ortho intramolecular Hbond substituents is 1. The Bertz CT molecular complexity index is 1210. The number of aryl methyl sites for hydroxylation is 2. The monoisotopic (exact) mass is 370 g/mol. The molecule has 0 aliphatic rings. The summed E-state index contributed by atoms with van der Waals surface area (Å²) in [6.07, 6.45) is 0. The molecular weight excluding hydrogens is 348 g/mol. The van der Waals surface area contributed by atoms with E-state index in [1.54, 1.807) is 6.07 Å². The lowest BCUT2D eigenvalue weighted by atomic mass is 10.0. The highest BCUT2D eigenvalue weighted by molar-refractivity contribution is 5.81. The summed E-state index contributed by atoms with van der Waals surface area (Å²) < 4.78 is 0. The van der Waals surface area contributed by atoms with E-state index in [0.717, 1.165) is 27.6 Å². The summed E-state index contributed by atoms with van der Waals surface area (Å²) in [5.74, 6) is 0.156. The van der Waals surface area contributed by atoms with Crippen LogP contribution in [0.2, 0.25) is 0 Å². The number of H-pyrrole nitrogens is 1. The van der Waals surface area contributed by atoms with Gasteiger partial charge in [-0.3, -0.25) is 4.79 Å². The summed E-state index contributed by atoms with van der Waals surface area (Å²) in [6.45, 7) is 4.42. The summed E-state index contributed by atoms with van der Waals surface area (Å²) in [5.41, 5.74) is 6.34. The zero-order valence-corrected chi connectivity index (χ0v) is 15.9. The number of pyridine rings is 1. The fraction of sp³-hybridized carbons (Fsp3) is 0.125. The Hall–Kier alpha value is -3.53. The van der Waals surface area contributed by atoms with Gasteiger partial charge in [0.05, 0.1) is 5.69 Å². The average Bonchev–Trinajstić information content (AvgIpc) is 2.69. The van der Waals surface area contributed by atoms with Crippen LogP contribution in [0.25, 0.3) is 22.0 Å². The molecule has 4 rings (SSSR count). The maximum atomic E-state index is 12.5. The first kappa shape index (κ1) is 17.9. The van der Waals surface area contributed by atoms with E-state index in [1.165, 1.54) is 5.56 Å². The SMILES string of the molecule is Cc1cc2cc(CNc3cc(-c4ccccc4)ccc3O)c(=O)[nH]c2cc1C. The van der Waals surface area contributed by atoms with Crippen LogP contribution in [-0.4, -0.2) is 10.1 Å². The van der Waals surface area contributed by atoms with Gasteiger partial charge in [-0.05, 0) is 71.8 Å². The van der Waals surface area contributed by atoms with Crippen LogP contribution in [0.15, 0.2) is 71.5 Å². The topological polar surface area (TPSA) is 65.1 Å². The van der Waals surface area contributed by atoms with Gasteiger partial charge in [0.15, 0.2) is 0 Å². The van der Waals surface area contributed by atoms with Crippen LogP contribution in [0.3, 0.4) is 0 Å². The number of hydrogen-bond acceptors (Lipinski definition) is 3. The van der Waals surface area contributed by atoms with Crippen molar-refractivity contribution in [3.63, 3.8) is 0 Å². The van der Waals surface area contributed by atoms with Crippen LogP contribution in [0.4, 0.5) is 5.69 Å². The molecule has 1 heterocycles. The van der Waals surface area contributed by atoms with Gasteiger partial charge in [-0.15, -0.1) is 0 Å². The lowest BCUT2D eigenvalue weighted by Crippen LogP contribution is -2.15. The molecule has 28 heavy (non-hydrogen) atoms. The zero-order chi connectivity index (χ0) is 19.7. The minimum atomic E-state index is -0.123. The van der Waals surface area contributed by atoms with Gasteiger partial charge in [0.25, 0.3) is 5.56 Å². The molecule has 1 aromatic heterocycles. The van der Waals surface area contributed by atoms with E-state index in [2.05, 4.69) is 23.3 Å². The standard InChI is InChI=1S/C24H22N2O2/c1-15-10-19-12-20(24(28)26-21(19)11-16(15)2)14-25-22-13-18(8-9-23(22)27)17-6-4-3-5-7-17/h3-13,25,27H,14H2,1-2H3,(H,26,28). The fourth-order valence-electron chi connectivity index (χ4n) is 3.33. The molecule has 140 valence electrons. The van der Waals surface area contributed by atoms with E-state index in [9.17, 15) is 9.90 Å². The van der Waals surface area contributed by atoms with Crippen molar-refractivity contribution in [2.24, 2.45) is 0 Å². The van der Waals surface area contributed by atoms with Crippen molar-refractivity contribution in [1.82, 2.24) is 4.98 Å². The van der Waals surface area contributed by atoms with E-state index in [0.29, 0.717) is 17.8 Å². The Kier molecular flexibility index (Phi) is 4.62. The fourth-order valence-corrected chi connectivity index (χ4v) is 3.33. The van der Waals surface area contributed by atoms with Crippen molar-refractivity contribution >= 4 is 16.6 Å². The number of hydrogen-bond donors (Lipinski definition) is 3. The van der Waals surface area contributed by atoms with E-state index in [4.69, 9.17) is 0 Å². The van der Waals surface area contributed by atoms with Gasteiger partial charge in [-0.25, -0.2) is 0 Å². The van der Waals surface area contributed by atoms with Crippen molar-refractivity contribution < 1.29 is 5.11 Å². The number of phenols is 1. The van der Waals surface area contributed by atoms with E-state index in [1.807, 2.05) is 61.5 Å². The molecule has 4 heteroatoms. The molecule has 3 N–H and O–H groups in total.